The average molecular weight is 312 g/mol. The molecule has 125 valence electrons. The third kappa shape index (κ3) is 3.57. The van der Waals surface area contributed by atoms with Gasteiger partial charge in [-0.15, -0.1) is 0 Å². The third-order valence-electron chi connectivity index (χ3n) is 6.40. The fourth-order valence-corrected chi connectivity index (χ4v) is 4.04. The van der Waals surface area contributed by atoms with Crippen molar-refractivity contribution in [2.75, 3.05) is 38.1 Å². The van der Waals surface area contributed by atoms with Gasteiger partial charge in [-0.3, -0.25) is 0 Å². The van der Waals surface area contributed by atoms with Crippen LogP contribution in [0.15, 0.2) is 18.3 Å². The van der Waals surface area contributed by atoms with Crippen LogP contribution in [0.5, 0.6) is 0 Å². The second-order valence-corrected chi connectivity index (χ2v) is 8.84. The van der Waals surface area contributed by atoms with Gasteiger partial charge in [0.2, 0.25) is 0 Å². The second kappa shape index (κ2) is 6.12. The number of piperazine rings is 1. The van der Waals surface area contributed by atoms with E-state index in [0.717, 1.165) is 32.0 Å². The van der Waals surface area contributed by atoms with E-state index in [0.29, 0.717) is 16.6 Å². The minimum atomic E-state index is 0.418. The minimum absolute atomic E-state index is 0.418. The number of aromatic nitrogens is 1. The van der Waals surface area contributed by atoms with Crippen molar-refractivity contribution in [1.82, 2.24) is 9.88 Å². The molecule has 0 spiro atoms. The number of pyridine rings is 1. The molecule has 2 aliphatic rings. The van der Waals surface area contributed by atoms with E-state index < -0.39 is 0 Å². The molecule has 1 radical (unpaired) electrons. The Labute approximate surface area is 142 Å². The first-order valence-corrected chi connectivity index (χ1v) is 9.01. The highest BCUT2D eigenvalue weighted by atomic mass is 15.3. The highest BCUT2D eigenvalue weighted by Gasteiger charge is 2.45. The molecule has 2 fully saturated rings. The highest BCUT2D eigenvalue weighted by Crippen LogP contribution is 2.56. The van der Waals surface area contributed by atoms with Crippen LogP contribution in [-0.2, 0) is 0 Å². The summed E-state index contributed by atoms with van der Waals surface area (Å²) in [5.74, 6) is 1.80. The van der Waals surface area contributed by atoms with Crippen LogP contribution in [0.4, 0.5) is 5.82 Å². The molecule has 0 atom stereocenters. The van der Waals surface area contributed by atoms with E-state index in [2.05, 4.69) is 70.2 Å². The first-order valence-electron chi connectivity index (χ1n) is 9.01. The minimum Gasteiger partial charge on any atom is -0.354 e. The van der Waals surface area contributed by atoms with Crippen LogP contribution in [0, 0.1) is 10.8 Å². The lowest BCUT2D eigenvalue weighted by atomic mass is 9.58. The summed E-state index contributed by atoms with van der Waals surface area (Å²) in [6.07, 6.45) is 4.62. The number of hydrogen-bond acceptors (Lipinski definition) is 3. The van der Waals surface area contributed by atoms with E-state index in [1.54, 1.807) is 0 Å². The van der Waals surface area contributed by atoms with Crippen LogP contribution in [0.1, 0.15) is 40.5 Å². The van der Waals surface area contributed by atoms with Crippen molar-refractivity contribution >= 4 is 18.6 Å². The standard InChI is InChI=1S/C19H31BN3/c1-18(2)12-16(13-19(18,3)4)20-15-6-7-17(21-14-15)23-10-8-22(5)9-11-23/h6-7,14,16H,8-13H2,1-5H3. The van der Waals surface area contributed by atoms with Crippen LogP contribution >= 0.6 is 0 Å². The summed E-state index contributed by atoms with van der Waals surface area (Å²) < 4.78 is 0. The molecular weight excluding hydrogens is 281 g/mol. The molecule has 1 aromatic heterocycles. The van der Waals surface area contributed by atoms with E-state index in [1.165, 1.54) is 18.3 Å². The Balaban J connectivity index is 1.60. The molecule has 0 N–H and O–H groups in total. The van der Waals surface area contributed by atoms with Gasteiger partial charge in [-0.1, -0.05) is 57.9 Å². The fourth-order valence-electron chi connectivity index (χ4n) is 4.04. The molecule has 1 aliphatic carbocycles. The van der Waals surface area contributed by atoms with Gasteiger partial charge < -0.3 is 9.80 Å². The Bertz CT molecular complexity index is 514. The normalized spacial score (nSPS) is 24.8. The van der Waals surface area contributed by atoms with Gasteiger partial charge in [0.15, 0.2) is 7.28 Å². The van der Waals surface area contributed by atoms with Crippen molar-refractivity contribution in [3.05, 3.63) is 18.3 Å². The molecule has 0 bridgehead atoms. The second-order valence-electron chi connectivity index (χ2n) is 8.84. The van der Waals surface area contributed by atoms with Crippen LogP contribution in [0.25, 0.3) is 0 Å². The van der Waals surface area contributed by atoms with Gasteiger partial charge in [0.05, 0.1) is 0 Å². The first-order chi connectivity index (χ1) is 10.8. The Hall–Kier alpha value is -1.03. The number of hydrogen-bond donors (Lipinski definition) is 0. The zero-order chi connectivity index (χ0) is 16.7. The molecule has 0 unspecified atom stereocenters. The molecule has 23 heavy (non-hydrogen) atoms. The summed E-state index contributed by atoms with van der Waals surface area (Å²) in [7, 11) is 4.63. The molecule has 1 aliphatic heterocycles. The van der Waals surface area contributed by atoms with Gasteiger partial charge in [0, 0.05) is 32.4 Å². The van der Waals surface area contributed by atoms with Crippen molar-refractivity contribution in [2.45, 2.75) is 46.4 Å². The molecule has 2 heterocycles. The monoisotopic (exact) mass is 312 g/mol. The summed E-state index contributed by atoms with van der Waals surface area (Å²) in [6.45, 7) is 14.1. The summed E-state index contributed by atoms with van der Waals surface area (Å²) in [6, 6.07) is 4.45. The van der Waals surface area contributed by atoms with Crippen LogP contribution in [-0.4, -0.2) is 50.4 Å². The molecule has 1 saturated carbocycles. The Morgan fingerprint density at radius 1 is 1.00 bits per heavy atom. The average Bonchev–Trinajstić information content (AvgIpc) is 2.68. The quantitative estimate of drug-likeness (QED) is 0.800. The Morgan fingerprint density at radius 2 is 1.61 bits per heavy atom. The summed E-state index contributed by atoms with van der Waals surface area (Å²) in [5.41, 5.74) is 2.12. The number of likely N-dealkylation sites (N-methyl/N-ethyl adjacent to an activating group) is 1. The Morgan fingerprint density at radius 3 is 2.13 bits per heavy atom. The summed E-state index contributed by atoms with van der Waals surface area (Å²) in [4.78, 5) is 9.49. The maximum absolute atomic E-state index is 4.72. The highest BCUT2D eigenvalue weighted by molar-refractivity contribution is 6.55. The lowest BCUT2D eigenvalue weighted by Crippen LogP contribution is -2.44. The van der Waals surface area contributed by atoms with Crippen LogP contribution < -0.4 is 10.4 Å². The van der Waals surface area contributed by atoms with E-state index in [4.69, 9.17) is 4.98 Å². The lowest BCUT2D eigenvalue weighted by Gasteiger charge is -2.34. The first kappa shape index (κ1) is 16.8. The lowest BCUT2D eigenvalue weighted by molar-refractivity contribution is 0.157. The molecule has 3 nitrogen and oxygen atoms in total. The SMILES string of the molecule is CN1CCN(c2ccc([B]C3CC(C)(C)C(C)(C)C3)cn2)CC1. The maximum atomic E-state index is 4.72. The van der Waals surface area contributed by atoms with Gasteiger partial charge in [-0.2, -0.15) is 0 Å². The van der Waals surface area contributed by atoms with Gasteiger partial charge in [0.25, 0.3) is 0 Å². The van der Waals surface area contributed by atoms with Crippen molar-refractivity contribution in [2.24, 2.45) is 10.8 Å². The van der Waals surface area contributed by atoms with E-state index in [1.807, 2.05) is 0 Å². The maximum Gasteiger partial charge on any atom is 0.157 e. The number of rotatable bonds is 3. The third-order valence-corrected chi connectivity index (χ3v) is 6.40. The molecule has 4 heteroatoms. The molecule has 3 rings (SSSR count). The molecule has 1 saturated heterocycles. The van der Waals surface area contributed by atoms with Crippen molar-refractivity contribution < 1.29 is 0 Å². The molecular formula is C19H31BN3. The van der Waals surface area contributed by atoms with Gasteiger partial charge >= 0.3 is 0 Å². The van der Waals surface area contributed by atoms with E-state index in [9.17, 15) is 0 Å². The van der Waals surface area contributed by atoms with Crippen molar-refractivity contribution in [3.8, 4) is 0 Å². The zero-order valence-corrected chi connectivity index (χ0v) is 15.5. The topological polar surface area (TPSA) is 19.4 Å². The van der Waals surface area contributed by atoms with Crippen molar-refractivity contribution in [1.29, 1.82) is 0 Å². The van der Waals surface area contributed by atoms with Gasteiger partial charge in [0.1, 0.15) is 5.82 Å². The molecule has 0 amide bonds. The van der Waals surface area contributed by atoms with Gasteiger partial charge in [-0.25, -0.2) is 4.98 Å². The molecule has 0 aromatic carbocycles. The van der Waals surface area contributed by atoms with E-state index in [-0.39, 0.29) is 0 Å². The zero-order valence-electron chi connectivity index (χ0n) is 15.5. The molecule has 1 aromatic rings. The number of nitrogens with zero attached hydrogens (tertiary/aromatic N) is 3. The van der Waals surface area contributed by atoms with Crippen molar-refractivity contribution in [3.63, 3.8) is 0 Å². The van der Waals surface area contributed by atoms with E-state index >= 15 is 0 Å². The number of anilines is 1. The predicted molar refractivity (Wildman–Crippen MR) is 99.9 cm³/mol. The van der Waals surface area contributed by atoms with Crippen LogP contribution in [0.3, 0.4) is 0 Å². The fraction of sp³-hybridized carbons (Fsp3) is 0.737. The van der Waals surface area contributed by atoms with Crippen LogP contribution in [0.2, 0.25) is 5.82 Å². The van der Waals surface area contributed by atoms with Gasteiger partial charge in [-0.05, 0) is 23.9 Å². The largest absolute Gasteiger partial charge is 0.354 e. The smallest absolute Gasteiger partial charge is 0.157 e. The summed E-state index contributed by atoms with van der Waals surface area (Å²) >= 11 is 0. The summed E-state index contributed by atoms with van der Waals surface area (Å²) in [5, 5.41) is 0. The Kier molecular flexibility index (Phi) is 4.48. The predicted octanol–water partition coefficient (Wildman–Crippen LogP) is 2.80.